The summed E-state index contributed by atoms with van der Waals surface area (Å²) in [5, 5.41) is 11.6. The van der Waals surface area contributed by atoms with Crippen LogP contribution in [0.4, 0.5) is 4.79 Å². The molecule has 1 aliphatic heterocycles. The van der Waals surface area contributed by atoms with E-state index in [1.54, 1.807) is 11.2 Å². The quantitative estimate of drug-likeness (QED) is 0.686. The molecule has 1 rings (SSSR count). The molecular weight excluding hydrogens is 294 g/mol. The van der Waals surface area contributed by atoms with Gasteiger partial charge < -0.3 is 15.3 Å². The van der Waals surface area contributed by atoms with Crippen molar-refractivity contribution in [1.29, 1.82) is 0 Å². The van der Waals surface area contributed by atoms with E-state index in [4.69, 9.17) is 5.11 Å². The van der Waals surface area contributed by atoms with E-state index in [9.17, 15) is 13.8 Å². The molecule has 0 bridgehead atoms. The summed E-state index contributed by atoms with van der Waals surface area (Å²) in [4.78, 5) is 26.3. The second kappa shape index (κ2) is 8.99. The Morgan fingerprint density at radius 2 is 1.90 bits per heavy atom. The number of carboxylic acid groups (broad SMARTS) is 1. The van der Waals surface area contributed by atoms with Gasteiger partial charge in [0.25, 0.3) is 0 Å². The summed E-state index contributed by atoms with van der Waals surface area (Å²) < 4.78 is 11.2. The van der Waals surface area contributed by atoms with Crippen LogP contribution >= 0.6 is 0 Å². The normalized spacial score (nSPS) is 19.0. The van der Waals surface area contributed by atoms with Crippen molar-refractivity contribution >= 4 is 22.8 Å². The number of hydrogen-bond donors (Lipinski definition) is 2. The summed E-state index contributed by atoms with van der Waals surface area (Å²) in [6.45, 7) is 5.60. The summed E-state index contributed by atoms with van der Waals surface area (Å²) >= 11 is 0. The molecule has 2 N–H and O–H groups in total. The lowest BCUT2D eigenvalue weighted by Crippen LogP contribution is -2.52. The molecule has 0 aliphatic carbocycles. The molecule has 0 saturated carbocycles. The number of nitrogens with zero attached hydrogens (tertiary/aromatic N) is 2. The maximum atomic E-state index is 11.9. The van der Waals surface area contributed by atoms with E-state index in [0.717, 1.165) is 0 Å². The topological polar surface area (TPSA) is 90.0 Å². The first-order valence-electron chi connectivity index (χ1n) is 7.19. The summed E-state index contributed by atoms with van der Waals surface area (Å²) in [6.07, 6.45) is 2.51. The highest BCUT2D eigenvalue weighted by Gasteiger charge is 2.21. The number of rotatable bonds is 7. The zero-order valence-electron chi connectivity index (χ0n) is 12.7. The number of nitrogens with one attached hydrogen (secondary N) is 1. The van der Waals surface area contributed by atoms with Gasteiger partial charge in [-0.3, -0.25) is 13.9 Å². The second-order valence-corrected chi connectivity index (χ2v) is 7.10. The highest BCUT2D eigenvalue weighted by Crippen LogP contribution is 2.03. The molecule has 0 aromatic carbocycles. The minimum Gasteiger partial charge on any atom is -0.481 e. The Morgan fingerprint density at radius 3 is 2.43 bits per heavy atom. The van der Waals surface area contributed by atoms with Crippen molar-refractivity contribution in [3.63, 3.8) is 0 Å². The highest BCUT2D eigenvalue weighted by atomic mass is 32.2. The summed E-state index contributed by atoms with van der Waals surface area (Å²) in [5.41, 5.74) is 0. The molecule has 0 spiro atoms. The Hall–Kier alpha value is -1.15. The van der Waals surface area contributed by atoms with Gasteiger partial charge in [0.1, 0.15) is 0 Å². The molecule has 0 aromatic heterocycles. The summed E-state index contributed by atoms with van der Waals surface area (Å²) in [7, 11) is -0.860. The molecule has 1 heterocycles. The number of hydrogen-bond acceptors (Lipinski definition) is 4. The number of piperazine rings is 1. The largest absolute Gasteiger partial charge is 0.481 e. The highest BCUT2D eigenvalue weighted by molar-refractivity contribution is 7.84. The molecule has 122 valence electrons. The van der Waals surface area contributed by atoms with E-state index in [1.807, 2.05) is 6.92 Å². The van der Waals surface area contributed by atoms with Crippen LogP contribution in [0, 0.1) is 0 Å². The first kappa shape index (κ1) is 17.9. The molecule has 1 saturated heterocycles. The van der Waals surface area contributed by atoms with Crippen LogP contribution in [-0.2, 0) is 15.6 Å². The van der Waals surface area contributed by atoms with E-state index in [1.165, 1.54) is 0 Å². The lowest BCUT2D eigenvalue weighted by molar-refractivity contribution is -0.137. The van der Waals surface area contributed by atoms with Gasteiger partial charge >= 0.3 is 12.0 Å². The number of aliphatic carboxylic acids is 1. The van der Waals surface area contributed by atoms with Crippen LogP contribution in [-0.4, -0.2) is 81.9 Å². The van der Waals surface area contributed by atoms with Gasteiger partial charge in [-0.15, -0.1) is 0 Å². The average molecular weight is 319 g/mol. The Kier molecular flexibility index (Phi) is 7.66. The number of carbonyl (C=O) groups excluding carboxylic acids is 1. The van der Waals surface area contributed by atoms with E-state index >= 15 is 0 Å². The van der Waals surface area contributed by atoms with Gasteiger partial charge in [0.15, 0.2) is 0 Å². The van der Waals surface area contributed by atoms with Gasteiger partial charge in [-0.25, -0.2) is 4.79 Å². The fourth-order valence-corrected chi connectivity index (χ4v) is 2.54. The number of urea groups is 1. The third-order valence-corrected chi connectivity index (χ3v) is 5.06. The Balaban J connectivity index is 2.19. The zero-order chi connectivity index (χ0) is 15.8. The third kappa shape index (κ3) is 6.90. The van der Waals surface area contributed by atoms with Crippen LogP contribution in [0.25, 0.3) is 0 Å². The number of amides is 2. The number of carbonyl (C=O) groups is 2. The standard InChI is InChI=1S/C13H25N3O4S/c1-11(21(2)20)3-5-14-13(19)16-9-7-15(8-10-16)6-4-12(17)18/h11H,3-10H2,1-2H3,(H,14,19)(H,17,18). The molecule has 1 aliphatic rings. The van der Waals surface area contributed by atoms with Crippen molar-refractivity contribution < 1.29 is 18.9 Å². The van der Waals surface area contributed by atoms with Crippen LogP contribution in [0.15, 0.2) is 0 Å². The fourth-order valence-electron chi connectivity index (χ4n) is 2.09. The minimum absolute atomic E-state index is 0.0816. The van der Waals surface area contributed by atoms with Crippen molar-refractivity contribution in [3.8, 4) is 0 Å². The fraction of sp³-hybridized carbons (Fsp3) is 0.846. The molecule has 2 unspecified atom stereocenters. The van der Waals surface area contributed by atoms with Gasteiger partial charge in [-0.1, -0.05) is 6.92 Å². The van der Waals surface area contributed by atoms with Crippen molar-refractivity contribution in [2.75, 3.05) is 45.5 Å². The van der Waals surface area contributed by atoms with Gasteiger partial charge in [0, 0.05) is 61.6 Å². The number of carboxylic acids is 1. The smallest absolute Gasteiger partial charge is 0.317 e. The van der Waals surface area contributed by atoms with Crippen molar-refractivity contribution in [3.05, 3.63) is 0 Å². The molecule has 7 nitrogen and oxygen atoms in total. The van der Waals surface area contributed by atoms with Crippen molar-refractivity contribution in [2.24, 2.45) is 0 Å². The van der Waals surface area contributed by atoms with Gasteiger partial charge in [0.05, 0.1) is 6.42 Å². The van der Waals surface area contributed by atoms with E-state index < -0.39 is 16.8 Å². The maximum absolute atomic E-state index is 11.9. The predicted molar refractivity (Wildman–Crippen MR) is 81.8 cm³/mol. The van der Waals surface area contributed by atoms with E-state index in [-0.39, 0.29) is 17.7 Å². The first-order chi connectivity index (χ1) is 9.90. The molecule has 8 heteroatoms. The average Bonchev–Trinajstić information content (AvgIpc) is 2.45. The van der Waals surface area contributed by atoms with Crippen LogP contribution in [0.2, 0.25) is 0 Å². The molecule has 2 amide bonds. The van der Waals surface area contributed by atoms with E-state index in [0.29, 0.717) is 45.7 Å². The third-order valence-electron chi connectivity index (χ3n) is 3.70. The second-order valence-electron chi connectivity index (χ2n) is 5.30. The lowest BCUT2D eigenvalue weighted by atomic mass is 10.3. The molecule has 2 atom stereocenters. The monoisotopic (exact) mass is 319 g/mol. The van der Waals surface area contributed by atoms with Crippen LogP contribution in [0.3, 0.4) is 0 Å². The first-order valence-corrected chi connectivity index (χ1v) is 8.81. The molecule has 0 radical (unpaired) electrons. The molecule has 21 heavy (non-hydrogen) atoms. The van der Waals surface area contributed by atoms with Gasteiger partial charge in [-0.05, 0) is 6.42 Å². The van der Waals surface area contributed by atoms with Crippen molar-refractivity contribution in [2.45, 2.75) is 25.0 Å². The maximum Gasteiger partial charge on any atom is 0.317 e. The SMILES string of the molecule is CC(CCNC(=O)N1CCN(CCC(=O)O)CC1)S(C)=O. The van der Waals surface area contributed by atoms with Gasteiger partial charge in [-0.2, -0.15) is 0 Å². The van der Waals surface area contributed by atoms with E-state index in [2.05, 4.69) is 10.2 Å². The minimum atomic E-state index is -0.860. The lowest BCUT2D eigenvalue weighted by Gasteiger charge is -2.34. The molecular formula is C13H25N3O4S. The van der Waals surface area contributed by atoms with Crippen LogP contribution in [0.1, 0.15) is 19.8 Å². The van der Waals surface area contributed by atoms with Gasteiger partial charge in [0.2, 0.25) is 0 Å². The van der Waals surface area contributed by atoms with Crippen molar-refractivity contribution in [1.82, 2.24) is 15.1 Å². The van der Waals surface area contributed by atoms with Crippen LogP contribution < -0.4 is 5.32 Å². The molecule has 1 fully saturated rings. The predicted octanol–water partition coefficient (Wildman–Crippen LogP) is -0.0546. The summed E-state index contributed by atoms with van der Waals surface area (Å²) in [5.74, 6) is -0.794. The summed E-state index contributed by atoms with van der Waals surface area (Å²) in [6, 6.07) is -0.0954. The Morgan fingerprint density at radius 1 is 1.29 bits per heavy atom. The Labute approximate surface area is 128 Å². The Bertz CT molecular complexity index is 384. The zero-order valence-corrected chi connectivity index (χ0v) is 13.5. The molecule has 0 aromatic rings. The van der Waals surface area contributed by atoms with Crippen LogP contribution in [0.5, 0.6) is 0 Å².